The van der Waals surface area contributed by atoms with E-state index in [4.69, 9.17) is 0 Å². The van der Waals surface area contributed by atoms with Gasteiger partial charge in [0.15, 0.2) is 0 Å². The number of likely N-dealkylation sites (tertiary alicyclic amines) is 1. The summed E-state index contributed by atoms with van der Waals surface area (Å²) >= 11 is 0. The number of halogens is 2. The first-order chi connectivity index (χ1) is 7.29. The third kappa shape index (κ3) is 3.03. The third-order valence-electron chi connectivity index (χ3n) is 2.87. The van der Waals surface area contributed by atoms with Gasteiger partial charge in [0.05, 0.1) is 6.04 Å². The van der Waals surface area contributed by atoms with E-state index in [2.05, 4.69) is 4.90 Å². The van der Waals surface area contributed by atoms with Crippen LogP contribution in [0.15, 0.2) is 24.3 Å². The second-order valence-corrected chi connectivity index (χ2v) is 3.94. The minimum atomic E-state index is -0.216. The molecule has 2 rings (SSSR count). The number of carbonyl (C=O) groups is 1. The van der Waals surface area contributed by atoms with Gasteiger partial charge in [0.25, 0.3) is 0 Å². The van der Waals surface area contributed by atoms with Crippen molar-refractivity contribution >= 4 is 18.7 Å². The van der Waals surface area contributed by atoms with Gasteiger partial charge in [-0.25, -0.2) is 4.39 Å². The Balaban J connectivity index is 0.00000128. The molecule has 0 radical (unpaired) electrons. The van der Waals surface area contributed by atoms with Gasteiger partial charge in [0.2, 0.25) is 0 Å². The predicted octanol–water partition coefficient (Wildman–Crippen LogP) is 2.41. The zero-order chi connectivity index (χ0) is 10.7. The van der Waals surface area contributed by atoms with Gasteiger partial charge in [0.1, 0.15) is 12.1 Å². The van der Waals surface area contributed by atoms with Crippen molar-refractivity contribution in [1.29, 1.82) is 0 Å². The van der Waals surface area contributed by atoms with Gasteiger partial charge >= 0.3 is 0 Å². The number of hydrogen-bond acceptors (Lipinski definition) is 2. The maximum atomic E-state index is 12.7. The molecule has 1 aromatic carbocycles. The summed E-state index contributed by atoms with van der Waals surface area (Å²) in [5.41, 5.74) is 1.06. The van der Waals surface area contributed by atoms with E-state index < -0.39 is 0 Å². The zero-order valence-corrected chi connectivity index (χ0v) is 9.75. The lowest BCUT2D eigenvalue weighted by molar-refractivity contribution is -0.111. The van der Waals surface area contributed by atoms with Crippen molar-refractivity contribution in [3.05, 3.63) is 35.6 Å². The Morgan fingerprint density at radius 2 is 2.06 bits per heavy atom. The van der Waals surface area contributed by atoms with Gasteiger partial charge in [-0.3, -0.25) is 4.90 Å². The van der Waals surface area contributed by atoms with E-state index in [1.165, 1.54) is 12.1 Å². The number of benzene rings is 1. The van der Waals surface area contributed by atoms with Crippen molar-refractivity contribution in [2.45, 2.75) is 25.4 Å². The molecular weight excluding hydrogens is 229 g/mol. The van der Waals surface area contributed by atoms with Crippen LogP contribution in [0.2, 0.25) is 0 Å². The number of rotatable bonds is 3. The average Bonchev–Trinajstić information content (AvgIpc) is 2.69. The van der Waals surface area contributed by atoms with E-state index in [1.807, 2.05) is 0 Å². The molecule has 1 aliphatic rings. The molecule has 2 nitrogen and oxygen atoms in total. The van der Waals surface area contributed by atoms with Crippen LogP contribution < -0.4 is 0 Å². The summed E-state index contributed by atoms with van der Waals surface area (Å²) in [6.45, 7) is 1.70. The second-order valence-electron chi connectivity index (χ2n) is 3.94. The average molecular weight is 244 g/mol. The van der Waals surface area contributed by atoms with Crippen LogP contribution in [0.25, 0.3) is 0 Å². The molecule has 0 aliphatic carbocycles. The molecule has 88 valence electrons. The summed E-state index contributed by atoms with van der Waals surface area (Å²) in [6, 6.07) is 6.52. The number of nitrogens with zero attached hydrogens (tertiary/aromatic N) is 1. The number of carbonyl (C=O) groups excluding carboxylic acids is 1. The molecule has 0 saturated carbocycles. The van der Waals surface area contributed by atoms with Crippen LogP contribution in [0.3, 0.4) is 0 Å². The molecule has 1 fully saturated rings. The van der Waals surface area contributed by atoms with Gasteiger partial charge in [-0.2, -0.15) is 0 Å². The highest BCUT2D eigenvalue weighted by Gasteiger charge is 2.23. The van der Waals surface area contributed by atoms with Crippen molar-refractivity contribution in [3.63, 3.8) is 0 Å². The van der Waals surface area contributed by atoms with E-state index in [0.717, 1.165) is 37.8 Å². The molecule has 0 spiro atoms. The van der Waals surface area contributed by atoms with E-state index in [-0.39, 0.29) is 24.3 Å². The molecule has 0 amide bonds. The molecule has 1 atom stereocenters. The molecule has 0 aromatic heterocycles. The Morgan fingerprint density at radius 1 is 1.38 bits per heavy atom. The molecule has 0 unspecified atom stereocenters. The summed E-state index contributed by atoms with van der Waals surface area (Å²) in [5.74, 6) is -0.216. The number of aldehydes is 1. The van der Waals surface area contributed by atoms with Gasteiger partial charge in [-0.15, -0.1) is 12.4 Å². The minimum absolute atomic E-state index is 0. The van der Waals surface area contributed by atoms with Crippen LogP contribution >= 0.6 is 12.4 Å². The molecule has 1 saturated heterocycles. The largest absolute Gasteiger partial charge is 0.302 e. The molecule has 1 heterocycles. The summed E-state index contributed by atoms with van der Waals surface area (Å²) in [5, 5.41) is 0. The van der Waals surface area contributed by atoms with Crippen molar-refractivity contribution in [2.75, 3.05) is 6.54 Å². The SMILES string of the molecule is Cl.O=C[C@@H]1CCCN1Cc1ccc(F)cc1. The predicted molar refractivity (Wildman–Crippen MR) is 63.1 cm³/mol. The first kappa shape index (κ1) is 13.1. The molecular formula is C12H15ClFNO. The fourth-order valence-electron chi connectivity index (χ4n) is 2.03. The maximum absolute atomic E-state index is 12.7. The standard InChI is InChI=1S/C12H14FNO.ClH/c13-11-5-3-10(4-6-11)8-14-7-1-2-12(14)9-15;/h3-6,9,12H,1-2,7-8H2;1H/t12-;/m0./s1. The molecule has 16 heavy (non-hydrogen) atoms. The molecule has 4 heteroatoms. The Morgan fingerprint density at radius 3 is 2.69 bits per heavy atom. The van der Waals surface area contributed by atoms with E-state index in [9.17, 15) is 9.18 Å². The Labute approximate surface area is 101 Å². The van der Waals surface area contributed by atoms with E-state index in [1.54, 1.807) is 12.1 Å². The lowest BCUT2D eigenvalue weighted by Gasteiger charge is -2.19. The Bertz CT molecular complexity index is 341. The lowest BCUT2D eigenvalue weighted by atomic mass is 10.2. The minimum Gasteiger partial charge on any atom is -0.302 e. The summed E-state index contributed by atoms with van der Waals surface area (Å²) < 4.78 is 12.7. The summed E-state index contributed by atoms with van der Waals surface area (Å²) in [7, 11) is 0. The van der Waals surface area contributed by atoms with Crippen molar-refractivity contribution in [3.8, 4) is 0 Å². The van der Waals surface area contributed by atoms with Crippen LogP contribution in [0.1, 0.15) is 18.4 Å². The van der Waals surface area contributed by atoms with Crippen molar-refractivity contribution < 1.29 is 9.18 Å². The molecule has 1 aliphatic heterocycles. The van der Waals surface area contributed by atoms with Crippen LogP contribution in [0.4, 0.5) is 4.39 Å². The topological polar surface area (TPSA) is 20.3 Å². The smallest absolute Gasteiger partial charge is 0.137 e. The van der Waals surface area contributed by atoms with Crippen LogP contribution in [0.5, 0.6) is 0 Å². The first-order valence-corrected chi connectivity index (χ1v) is 5.23. The maximum Gasteiger partial charge on any atom is 0.137 e. The van der Waals surface area contributed by atoms with Gasteiger partial charge in [-0.05, 0) is 37.1 Å². The van der Waals surface area contributed by atoms with Crippen molar-refractivity contribution in [1.82, 2.24) is 4.90 Å². The molecule has 0 bridgehead atoms. The highest BCUT2D eigenvalue weighted by molar-refractivity contribution is 5.85. The third-order valence-corrected chi connectivity index (χ3v) is 2.87. The summed E-state index contributed by atoms with van der Waals surface area (Å²) in [4.78, 5) is 12.9. The Kier molecular flexibility index (Phi) is 4.90. The van der Waals surface area contributed by atoms with E-state index >= 15 is 0 Å². The quantitative estimate of drug-likeness (QED) is 0.760. The Hall–Kier alpha value is -0.930. The van der Waals surface area contributed by atoms with Gasteiger partial charge in [0, 0.05) is 6.54 Å². The van der Waals surface area contributed by atoms with Gasteiger partial charge in [-0.1, -0.05) is 12.1 Å². The molecule has 0 N–H and O–H groups in total. The van der Waals surface area contributed by atoms with Gasteiger partial charge < -0.3 is 4.79 Å². The highest BCUT2D eigenvalue weighted by atomic mass is 35.5. The van der Waals surface area contributed by atoms with Crippen LogP contribution in [-0.2, 0) is 11.3 Å². The monoisotopic (exact) mass is 243 g/mol. The number of hydrogen-bond donors (Lipinski definition) is 0. The fourth-order valence-corrected chi connectivity index (χ4v) is 2.03. The lowest BCUT2D eigenvalue weighted by Crippen LogP contribution is -2.29. The van der Waals surface area contributed by atoms with Crippen molar-refractivity contribution in [2.24, 2.45) is 0 Å². The first-order valence-electron chi connectivity index (χ1n) is 5.23. The van der Waals surface area contributed by atoms with Crippen LogP contribution in [-0.4, -0.2) is 23.8 Å². The normalized spacial score (nSPS) is 20.4. The van der Waals surface area contributed by atoms with E-state index in [0.29, 0.717) is 0 Å². The molecule has 1 aromatic rings. The summed E-state index contributed by atoms with van der Waals surface area (Å²) in [6.07, 6.45) is 3.03. The zero-order valence-electron chi connectivity index (χ0n) is 8.93. The fraction of sp³-hybridized carbons (Fsp3) is 0.417. The van der Waals surface area contributed by atoms with Crippen LogP contribution in [0, 0.1) is 5.82 Å². The second kappa shape index (κ2) is 5.97. The highest BCUT2D eigenvalue weighted by Crippen LogP contribution is 2.18.